The van der Waals surface area contributed by atoms with Crippen LogP contribution in [0.15, 0.2) is 64.2 Å². The Hall–Kier alpha value is -2.70. The Labute approximate surface area is 177 Å². The minimum Gasteiger partial charge on any atom is -0.366 e. The highest BCUT2D eigenvalue weighted by Gasteiger charge is 2.22. The zero-order valence-electron chi connectivity index (χ0n) is 15.6. The van der Waals surface area contributed by atoms with E-state index in [2.05, 4.69) is 9.88 Å². The van der Waals surface area contributed by atoms with Crippen LogP contribution in [0.5, 0.6) is 0 Å². The number of aromatic amines is 1. The first-order valence-corrected chi connectivity index (χ1v) is 10.1. The highest BCUT2D eigenvalue weighted by atomic mass is 35.5. The summed E-state index contributed by atoms with van der Waals surface area (Å²) in [4.78, 5) is 32.0. The molecule has 8 heteroatoms. The van der Waals surface area contributed by atoms with Crippen molar-refractivity contribution >= 4 is 34.7 Å². The summed E-state index contributed by atoms with van der Waals surface area (Å²) < 4.78 is 1.21. The fourth-order valence-electron chi connectivity index (χ4n) is 3.56. The number of benzene rings is 2. The van der Waals surface area contributed by atoms with E-state index in [0.29, 0.717) is 42.0 Å². The average molecular weight is 431 g/mol. The first-order valence-electron chi connectivity index (χ1n) is 9.35. The lowest BCUT2D eigenvalue weighted by molar-refractivity contribution is 0.634. The van der Waals surface area contributed by atoms with E-state index in [1.165, 1.54) is 10.6 Å². The van der Waals surface area contributed by atoms with Gasteiger partial charge in [-0.3, -0.25) is 14.3 Å². The summed E-state index contributed by atoms with van der Waals surface area (Å²) >= 11 is 12.6. The molecule has 150 valence electrons. The molecule has 0 aliphatic carbocycles. The summed E-state index contributed by atoms with van der Waals surface area (Å²) in [7, 11) is 0. The van der Waals surface area contributed by atoms with Gasteiger partial charge in [0.2, 0.25) is 0 Å². The number of para-hydroxylation sites is 1. The van der Waals surface area contributed by atoms with E-state index in [4.69, 9.17) is 23.2 Å². The van der Waals surface area contributed by atoms with Crippen molar-refractivity contribution in [2.45, 2.75) is 6.54 Å². The van der Waals surface area contributed by atoms with Crippen molar-refractivity contribution in [2.75, 3.05) is 36.0 Å². The number of rotatable bonds is 4. The first kappa shape index (κ1) is 19.6. The van der Waals surface area contributed by atoms with E-state index in [1.54, 1.807) is 0 Å². The van der Waals surface area contributed by atoms with Gasteiger partial charge in [0.05, 0.1) is 22.3 Å². The van der Waals surface area contributed by atoms with Gasteiger partial charge < -0.3 is 9.80 Å². The first-order chi connectivity index (χ1) is 14.0. The Morgan fingerprint density at radius 3 is 2.07 bits per heavy atom. The molecule has 1 aliphatic rings. The molecule has 2 heterocycles. The molecule has 29 heavy (non-hydrogen) atoms. The summed E-state index contributed by atoms with van der Waals surface area (Å²) in [6, 6.07) is 16.4. The van der Waals surface area contributed by atoms with Gasteiger partial charge in [0.1, 0.15) is 5.82 Å². The second-order valence-corrected chi connectivity index (χ2v) is 7.73. The molecule has 0 atom stereocenters. The minimum absolute atomic E-state index is 0.244. The van der Waals surface area contributed by atoms with Crippen LogP contribution in [0.1, 0.15) is 5.56 Å². The van der Waals surface area contributed by atoms with E-state index < -0.39 is 5.69 Å². The van der Waals surface area contributed by atoms with Crippen molar-refractivity contribution in [2.24, 2.45) is 0 Å². The number of aromatic nitrogens is 2. The Kier molecular flexibility index (Phi) is 5.65. The van der Waals surface area contributed by atoms with E-state index >= 15 is 0 Å². The SMILES string of the molecule is O=c1cc(N2CCN(c3c(Cl)cccc3Cl)CC2)[nH]c(=O)n1Cc1ccccc1. The van der Waals surface area contributed by atoms with Crippen molar-refractivity contribution in [3.63, 3.8) is 0 Å². The summed E-state index contributed by atoms with van der Waals surface area (Å²) in [5, 5.41) is 1.23. The summed E-state index contributed by atoms with van der Waals surface area (Å²) in [6.07, 6.45) is 0. The van der Waals surface area contributed by atoms with Gasteiger partial charge in [-0.2, -0.15) is 0 Å². The van der Waals surface area contributed by atoms with Crippen molar-refractivity contribution < 1.29 is 0 Å². The van der Waals surface area contributed by atoms with Crippen LogP contribution in [0.25, 0.3) is 0 Å². The summed E-state index contributed by atoms with van der Waals surface area (Å²) in [6.45, 7) is 2.88. The Bertz CT molecular complexity index is 1070. The van der Waals surface area contributed by atoms with Crippen LogP contribution in [0.3, 0.4) is 0 Å². The highest BCUT2D eigenvalue weighted by molar-refractivity contribution is 6.39. The van der Waals surface area contributed by atoms with Crippen molar-refractivity contribution in [1.29, 1.82) is 0 Å². The van der Waals surface area contributed by atoms with Gasteiger partial charge >= 0.3 is 5.69 Å². The van der Waals surface area contributed by atoms with Gasteiger partial charge in [-0.05, 0) is 17.7 Å². The van der Waals surface area contributed by atoms with Crippen LogP contribution in [0.2, 0.25) is 10.0 Å². The number of anilines is 2. The molecule has 6 nitrogen and oxygen atoms in total. The largest absolute Gasteiger partial charge is 0.366 e. The highest BCUT2D eigenvalue weighted by Crippen LogP contribution is 2.34. The maximum absolute atomic E-state index is 12.6. The molecule has 4 rings (SSSR count). The van der Waals surface area contributed by atoms with Gasteiger partial charge in [0, 0.05) is 32.2 Å². The van der Waals surface area contributed by atoms with Crippen LogP contribution >= 0.6 is 23.2 Å². The fourth-order valence-corrected chi connectivity index (χ4v) is 4.19. The fraction of sp³-hybridized carbons (Fsp3) is 0.238. The number of piperazine rings is 1. The Morgan fingerprint density at radius 1 is 0.828 bits per heavy atom. The summed E-state index contributed by atoms with van der Waals surface area (Å²) in [5.41, 5.74) is 0.998. The van der Waals surface area contributed by atoms with Crippen LogP contribution in [0, 0.1) is 0 Å². The third-order valence-corrected chi connectivity index (χ3v) is 5.67. The number of halogens is 2. The number of hydrogen-bond donors (Lipinski definition) is 1. The van der Waals surface area contributed by atoms with Crippen molar-refractivity contribution in [1.82, 2.24) is 9.55 Å². The summed E-state index contributed by atoms with van der Waals surface area (Å²) in [5.74, 6) is 0.536. The predicted octanol–water partition coefficient (Wildman–Crippen LogP) is 3.22. The second-order valence-electron chi connectivity index (χ2n) is 6.91. The molecule has 0 bridgehead atoms. The standard InChI is InChI=1S/C21H20Cl2N4O2/c22-16-7-4-8-17(23)20(16)26-11-9-25(10-12-26)18-13-19(28)27(21(29)24-18)14-15-5-2-1-3-6-15/h1-8,13H,9-12,14H2,(H,24,29). The van der Waals surface area contributed by atoms with Crippen LogP contribution in [-0.2, 0) is 6.54 Å². The number of hydrogen-bond acceptors (Lipinski definition) is 4. The van der Waals surface area contributed by atoms with E-state index in [-0.39, 0.29) is 12.1 Å². The molecule has 0 spiro atoms. The maximum atomic E-state index is 12.6. The zero-order chi connectivity index (χ0) is 20.4. The molecule has 0 amide bonds. The molecule has 1 N–H and O–H groups in total. The maximum Gasteiger partial charge on any atom is 0.330 e. The normalized spacial score (nSPS) is 14.3. The third-order valence-electron chi connectivity index (χ3n) is 5.06. The predicted molar refractivity (Wildman–Crippen MR) is 118 cm³/mol. The lowest BCUT2D eigenvalue weighted by Gasteiger charge is -2.37. The molecule has 1 fully saturated rings. The van der Waals surface area contributed by atoms with E-state index in [1.807, 2.05) is 53.4 Å². The molecule has 0 unspecified atom stereocenters. The lowest BCUT2D eigenvalue weighted by Crippen LogP contribution is -2.48. The minimum atomic E-state index is -0.409. The smallest absolute Gasteiger partial charge is 0.330 e. The average Bonchev–Trinajstić information content (AvgIpc) is 2.72. The molecule has 3 aromatic rings. The topological polar surface area (TPSA) is 61.3 Å². The molecule has 0 saturated carbocycles. The number of nitrogens with zero attached hydrogens (tertiary/aromatic N) is 3. The second kappa shape index (κ2) is 8.35. The van der Waals surface area contributed by atoms with Gasteiger partial charge in [-0.15, -0.1) is 0 Å². The molecule has 1 aromatic heterocycles. The van der Waals surface area contributed by atoms with Crippen molar-refractivity contribution in [3.05, 3.63) is 91.0 Å². The Balaban J connectivity index is 1.50. The number of nitrogens with one attached hydrogen (secondary N) is 1. The zero-order valence-corrected chi connectivity index (χ0v) is 17.2. The van der Waals surface area contributed by atoms with Crippen LogP contribution < -0.4 is 21.0 Å². The molecule has 0 radical (unpaired) electrons. The molecular formula is C21H20Cl2N4O2. The monoisotopic (exact) mass is 430 g/mol. The van der Waals surface area contributed by atoms with Crippen LogP contribution in [0.4, 0.5) is 11.5 Å². The quantitative estimate of drug-likeness (QED) is 0.689. The van der Waals surface area contributed by atoms with Crippen molar-refractivity contribution in [3.8, 4) is 0 Å². The van der Waals surface area contributed by atoms with E-state index in [9.17, 15) is 9.59 Å². The molecule has 1 saturated heterocycles. The molecule has 1 aliphatic heterocycles. The van der Waals surface area contributed by atoms with Crippen LogP contribution in [-0.4, -0.2) is 35.7 Å². The van der Waals surface area contributed by atoms with Gasteiger partial charge in [-0.1, -0.05) is 59.6 Å². The third kappa shape index (κ3) is 4.18. The van der Waals surface area contributed by atoms with E-state index in [0.717, 1.165) is 11.3 Å². The molecule has 2 aromatic carbocycles. The van der Waals surface area contributed by atoms with Gasteiger partial charge in [-0.25, -0.2) is 4.79 Å². The number of H-pyrrole nitrogens is 1. The lowest BCUT2D eigenvalue weighted by atomic mass is 10.2. The molecular weight excluding hydrogens is 411 g/mol. The Morgan fingerprint density at radius 2 is 1.45 bits per heavy atom. The van der Waals surface area contributed by atoms with Gasteiger partial charge in [0.25, 0.3) is 5.56 Å². The van der Waals surface area contributed by atoms with Gasteiger partial charge in [0.15, 0.2) is 0 Å².